The average molecular weight is 545 g/mol. The van der Waals surface area contributed by atoms with Crippen molar-refractivity contribution in [3.63, 3.8) is 0 Å². The molecule has 0 aliphatic heterocycles. The van der Waals surface area contributed by atoms with Gasteiger partial charge >= 0.3 is 6.09 Å². The Balaban J connectivity index is 0. The summed E-state index contributed by atoms with van der Waals surface area (Å²) in [5.74, 6) is 1.16. The predicted molar refractivity (Wildman–Crippen MR) is 134 cm³/mol. The van der Waals surface area contributed by atoms with E-state index in [1.165, 1.54) is 0 Å². The fourth-order valence-electron chi connectivity index (χ4n) is 2.63. The van der Waals surface area contributed by atoms with Gasteiger partial charge in [0.15, 0.2) is 5.96 Å². The standard InChI is InChI=1S/C21H44N4O4.HI/c1-17(2)18(24-20(26)29-21(3,4)5)11-13-25(7)19(22-6)23-12-9-10-14-28-16-15-27-8;/h17-18H,9-16H2,1-8H3,(H,22,23)(H,24,26);1H. The topological polar surface area (TPSA) is 84.4 Å². The van der Waals surface area contributed by atoms with Crippen LogP contribution in [0.5, 0.6) is 0 Å². The summed E-state index contributed by atoms with van der Waals surface area (Å²) in [5.41, 5.74) is -0.497. The minimum absolute atomic E-state index is 0. The second-order valence-electron chi connectivity index (χ2n) is 8.49. The molecule has 0 radical (unpaired) electrons. The minimum Gasteiger partial charge on any atom is -0.444 e. The van der Waals surface area contributed by atoms with E-state index in [2.05, 4.69) is 34.4 Å². The van der Waals surface area contributed by atoms with Crippen molar-refractivity contribution in [2.45, 2.75) is 65.5 Å². The molecule has 30 heavy (non-hydrogen) atoms. The summed E-state index contributed by atoms with van der Waals surface area (Å²) in [6.45, 7) is 13.4. The molecule has 0 bridgehead atoms. The van der Waals surface area contributed by atoms with Crippen LogP contribution in [0.25, 0.3) is 0 Å². The van der Waals surface area contributed by atoms with E-state index in [1.54, 1.807) is 14.2 Å². The lowest BCUT2D eigenvalue weighted by Gasteiger charge is -2.28. The van der Waals surface area contributed by atoms with E-state index in [9.17, 15) is 4.79 Å². The third-order valence-corrected chi connectivity index (χ3v) is 4.29. The predicted octanol–water partition coefficient (Wildman–Crippen LogP) is 3.49. The molecule has 0 aromatic carbocycles. The first-order valence-corrected chi connectivity index (χ1v) is 10.6. The van der Waals surface area contributed by atoms with E-state index in [-0.39, 0.29) is 36.1 Å². The number of halogens is 1. The summed E-state index contributed by atoms with van der Waals surface area (Å²) in [6, 6.07) is 0.0367. The molecule has 0 saturated carbocycles. The van der Waals surface area contributed by atoms with E-state index in [4.69, 9.17) is 14.2 Å². The molecule has 0 saturated heterocycles. The van der Waals surface area contributed by atoms with E-state index in [1.807, 2.05) is 27.8 Å². The van der Waals surface area contributed by atoms with Gasteiger partial charge in [-0.25, -0.2) is 4.79 Å². The Kier molecular flexibility index (Phi) is 18.6. The van der Waals surface area contributed by atoms with Gasteiger partial charge in [-0.15, -0.1) is 24.0 Å². The van der Waals surface area contributed by atoms with Gasteiger partial charge in [0, 0.05) is 46.9 Å². The fourth-order valence-corrected chi connectivity index (χ4v) is 2.63. The normalized spacial score (nSPS) is 12.9. The Morgan fingerprint density at radius 2 is 1.80 bits per heavy atom. The van der Waals surface area contributed by atoms with Crippen LogP contribution in [-0.2, 0) is 14.2 Å². The summed E-state index contributed by atoms with van der Waals surface area (Å²) in [5, 5.41) is 6.37. The molecule has 180 valence electrons. The number of hydrogen-bond donors (Lipinski definition) is 2. The minimum atomic E-state index is -0.497. The number of unbranched alkanes of at least 4 members (excludes halogenated alkanes) is 1. The summed E-state index contributed by atoms with van der Waals surface area (Å²) in [7, 11) is 5.46. The second kappa shape index (κ2) is 17.8. The Morgan fingerprint density at radius 1 is 1.13 bits per heavy atom. The number of amides is 1. The van der Waals surface area contributed by atoms with E-state index in [0.717, 1.165) is 44.9 Å². The number of nitrogens with one attached hydrogen (secondary N) is 2. The van der Waals surface area contributed by atoms with Crippen LogP contribution < -0.4 is 10.6 Å². The molecule has 0 heterocycles. The number of ether oxygens (including phenoxy) is 3. The number of carbonyl (C=O) groups excluding carboxylic acids is 1. The lowest BCUT2D eigenvalue weighted by atomic mass is 10.0. The van der Waals surface area contributed by atoms with Crippen molar-refractivity contribution < 1.29 is 19.0 Å². The van der Waals surface area contributed by atoms with Crippen LogP contribution in [0, 0.1) is 5.92 Å². The molecule has 0 aromatic heterocycles. The van der Waals surface area contributed by atoms with Crippen molar-refractivity contribution in [2.75, 3.05) is 54.1 Å². The Bertz CT molecular complexity index is 470. The lowest BCUT2D eigenvalue weighted by molar-refractivity contribution is 0.0485. The van der Waals surface area contributed by atoms with Crippen LogP contribution in [0.15, 0.2) is 4.99 Å². The molecular weight excluding hydrogens is 499 g/mol. The smallest absolute Gasteiger partial charge is 0.407 e. The maximum atomic E-state index is 12.1. The van der Waals surface area contributed by atoms with Crippen LogP contribution in [0.1, 0.15) is 53.9 Å². The number of guanidine groups is 1. The molecule has 8 nitrogen and oxygen atoms in total. The molecule has 0 aliphatic carbocycles. The first-order valence-electron chi connectivity index (χ1n) is 10.6. The van der Waals surface area contributed by atoms with Gasteiger partial charge in [-0.05, 0) is 46.0 Å². The summed E-state index contributed by atoms with van der Waals surface area (Å²) in [6.07, 6.45) is 2.44. The molecule has 0 rings (SSSR count). The van der Waals surface area contributed by atoms with Crippen LogP contribution >= 0.6 is 24.0 Å². The zero-order chi connectivity index (χ0) is 22.3. The maximum absolute atomic E-state index is 12.1. The molecular formula is C21H45IN4O4. The molecule has 1 atom stereocenters. The second-order valence-corrected chi connectivity index (χ2v) is 8.49. The summed E-state index contributed by atoms with van der Waals surface area (Å²) >= 11 is 0. The number of rotatable bonds is 13. The number of aliphatic imine (C=N–C) groups is 1. The van der Waals surface area contributed by atoms with Gasteiger partial charge in [0.05, 0.1) is 13.2 Å². The molecule has 9 heteroatoms. The molecule has 1 unspecified atom stereocenters. The van der Waals surface area contributed by atoms with Gasteiger partial charge in [0.2, 0.25) is 0 Å². The molecule has 2 N–H and O–H groups in total. The van der Waals surface area contributed by atoms with Crippen molar-refractivity contribution in [1.82, 2.24) is 15.5 Å². The van der Waals surface area contributed by atoms with Crippen LogP contribution in [0.3, 0.4) is 0 Å². The summed E-state index contributed by atoms with van der Waals surface area (Å²) in [4.78, 5) is 18.5. The third kappa shape index (κ3) is 16.9. The van der Waals surface area contributed by atoms with Crippen molar-refractivity contribution in [2.24, 2.45) is 10.9 Å². The first-order chi connectivity index (χ1) is 13.6. The Morgan fingerprint density at radius 3 is 2.33 bits per heavy atom. The maximum Gasteiger partial charge on any atom is 0.407 e. The largest absolute Gasteiger partial charge is 0.444 e. The summed E-state index contributed by atoms with van der Waals surface area (Å²) < 4.78 is 15.8. The lowest BCUT2D eigenvalue weighted by Crippen LogP contribution is -2.45. The zero-order valence-corrected chi connectivity index (χ0v) is 22.6. The van der Waals surface area contributed by atoms with E-state index >= 15 is 0 Å². The first kappa shape index (κ1) is 31.4. The molecule has 0 aromatic rings. The number of alkyl carbamates (subject to hydrolysis) is 1. The highest BCUT2D eigenvalue weighted by Crippen LogP contribution is 2.11. The number of nitrogens with zero attached hydrogens (tertiary/aromatic N) is 2. The Hall–Kier alpha value is -0.810. The average Bonchev–Trinajstić information content (AvgIpc) is 2.62. The quantitative estimate of drug-likeness (QED) is 0.160. The van der Waals surface area contributed by atoms with Gasteiger partial charge in [0.25, 0.3) is 0 Å². The van der Waals surface area contributed by atoms with Crippen molar-refractivity contribution in [3.05, 3.63) is 0 Å². The van der Waals surface area contributed by atoms with Crippen molar-refractivity contribution in [1.29, 1.82) is 0 Å². The van der Waals surface area contributed by atoms with Gasteiger partial charge in [-0.3, -0.25) is 4.99 Å². The van der Waals surface area contributed by atoms with Crippen molar-refractivity contribution >= 4 is 36.0 Å². The Labute approximate surface area is 200 Å². The van der Waals surface area contributed by atoms with Crippen LogP contribution in [-0.4, -0.2) is 82.7 Å². The fraction of sp³-hybridized carbons (Fsp3) is 0.905. The molecule has 1 amide bonds. The van der Waals surface area contributed by atoms with E-state index in [0.29, 0.717) is 19.1 Å². The van der Waals surface area contributed by atoms with Gasteiger partial charge in [-0.1, -0.05) is 13.8 Å². The highest BCUT2D eigenvalue weighted by atomic mass is 127. The number of methoxy groups -OCH3 is 1. The monoisotopic (exact) mass is 544 g/mol. The highest BCUT2D eigenvalue weighted by Gasteiger charge is 2.22. The van der Waals surface area contributed by atoms with E-state index < -0.39 is 5.60 Å². The SMILES string of the molecule is CN=C(NCCCCOCCOC)N(C)CCC(NC(=O)OC(C)(C)C)C(C)C.I. The van der Waals surface area contributed by atoms with Crippen LogP contribution in [0.4, 0.5) is 4.79 Å². The third-order valence-electron chi connectivity index (χ3n) is 4.29. The molecule has 0 spiro atoms. The van der Waals surface area contributed by atoms with Gasteiger partial charge in [-0.2, -0.15) is 0 Å². The van der Waals surface area contributed by atoms with Gasteiger partial charge in [0.1, 0.15) is 5.60 Å². The highest BCUT2D eigenvalue weighted by molar-refractivity contribution is 14.0. The van der Waals surface area contributed by atoms with Gasteiger partial charge < -0.3 is 29.7 Å². The molecule has 0 fully saturated rings. The van der Waals surface area contributed by atoms with Crippen molar-refractivity contribution in [3.8, 4) is 0 Å². The molecule has 0 aliphatic rings. The number of hydrogen-bond acceptors (Lipinski definition) is 5. The number of carbonyl (C=O) groups is 1. The zero-order valence-electron chi connectivity index (χ0n) is 20.2. The van der Waals surface area contributed by atoms with Crippen LogP contribution in [0.2, 0.25) is 0 Å².